The molecule has 2 aromatic heterocycles. The van der Waals surface area contributed by atoms with Gasteiger partial charge in [-0.1, -0.05) is 43.0 Å². The van der Waals surface area contributed by atoms with Gasteiger partial charge in [-0.3, -0.25) is 4.79 Å². The number of carbonyl (C=O) groups excluding carboxylic acids is 1. The zero-order chi connectivity index (χ0) is 15.4. The zero-order valence-corrected chi connectivity index (χ0v) is 12.6. The van der Waals surface area contributed by atoms with Crippen molar-refractivity contribution >= 4 is 23.3 Å². The van der Waals surface area contributed by atoms with E-state index in [4.69, 9.17) is 0 Å². The summed E-state index contributed by atoms with van der Waals surface area (Å²) in [6, 6.07) is 17.5. The molecule has 0 saturated carbocycles. The fraction of sp³-hybridized carbons (Fsp3) is 0. The summed E-state index contributed by atoms with van der Waals surface area (Å²) in [4.78, 5) is 12.6. The second kappa shape index (κ2) is 6.30. The average Bonchev–Trinajstić information content (AvgIpc) is 3.22. The molecule has 22 heavy (non-hydrogen) atoms. The van der Waals surface area contributed by atoms with Crippen molar-refractivity contribution in [2.45, 2.75) is 0 Å². The molecular weight excluding hydrogens is 290 g/mol. The fourth-order valence-electron chi connectivity index (χ4n) is 2.18. The van der Waals surface area contributed by atoms with Gasteiger partial charge in [0, 0.05) is 6.20 Å². The molecule has 0 spiro atoms. The van der Waals surface area contributed by atoms with Gasteiger partial charge in [0.1, 0.15) is 0 Å². The Kier molecular flexibility index (Phi) is 4.04. The van der Waals surface area contributed by atoms with Crippen LogP contribution in [0.2, 0.25) is 0 Å². The Morgan fingerprint density at radius 3 is 2.59 bits per heavy atom. The molecule has 0 N–H and O–H groups in total. The van der Waals surface area contributed by atoms with E-state index >= 15 is 0 Å². The van der Waals surface area contributed by atoms with Crippen LogP contribution in [-0.4, -0.2) is 10.4 Å². The number of rotatable bonds is 3. The van der Waals surface area contributed by atoms with Crippen LogP contribution in [0.1, 0.15) is 15.4 Å². The summed E-state index contributed by atoms with van der Waals surface area (Å²) in [6.45, 7) is 3.84. The standard InChI is InChI=1S/C19H13NOS/c1-2-20-16(11-13-18(21)19-9-6-14-22-19)10-12-17(20)15-7-4-3-5-8-15/h2-10,12,14H,1H2. The third-order valence-corrected chi connectivity index (χ3v) is 4.09. The predicted octanol–water partition coefficient (Wildman–Crippen LogP) is 4.55. The number of ketones is 1. The molecule has 0 unspecified atom stereocenters. The van der Waals surface area contributed by atoms with Gasteiger partial charge in [-0.2, -0.15) is 0 Å². The van der Waals surface area contributed by atoms with Crippen LogP contribution in [0.25, 0.3) is 17.5 Å². The van der Waals surface area contributed by atoms with E-state index in [1.165, 1.54) is 11.3 Å². The van der Waals surface area contributed by atoms with Gasteiger partial charge in [-0.25, -0.2) is 0 Å². The van der Waals surface area contributed by atoms with Crippen molar-refractivity contribution < 1.29 is 4.79 Å². The molecule has 2 nitrogen and oxygen atoms in total. The second-order valence-corrected chi connectivity index (χ2v) is 5.53. The van der Waals surface area contributed by atoms with Gasteiger partial charge in [0.05, 0.1) is 16.3 Å². The molecule has 3 heteroatoms. The van der Waals surface area contributed by atoms with E-state index < -0.39 is 0 Å². The topological polar surface area (TPSA) is 22.0 Å². The molecule has 0 amide bonds. The van der Waals surface area contributed by atoms with Crippen molar-refractivity contribution in [1.29, 1.82) is 0 Å². The van der Waals surface area contributed by atoms with E-state index in [1.807, 2.05) is 58.5 Å². The van der Waals surface area contributed by atoms with E-state index in [0.29, 0.717) is 4.88 Å². The van der Waals surface area contributed by atoms with Gasteiger partial charge in [0.15, 0.2) is 0 Å². The number of benzene rings is 1. The molecule has 106 valence electrons. The van der Waals surface area contributed by atoms with Crippen molar-refractivity contribution in [3.63, 3.8) is 0 Å². The van der Waals surface area contributed by atoms with Crippen LogP contribution >= 0.6 is 11.3 Å². The Morgan fingerprint density at radius 1 is 1.09 bits per heavy atom. The monoisotopic (exact) mass is 303 g/mol. The summed E-state index contributed by atoms with van der Waals surface area (Å²) in [5.41, 5.74) is 2.84. The first-order valence-electron chi connectivity index (χ1n) is 6.78. The minimum Gasteiger partial charge on any atom is -0.310 e. The fourth-order valence-corrected chi connectivity index (χ4v) is 2.80. The minimum absolute atomic E-state index is 0.159. The maximum Gasteiger partial charge on any atom is 0.246 e. The highest BCUT2D eigenvalue weighted by atomic mass is 32.1. The number of nitrogens with zero attached hydrogens (tertiary/aromatic N) is 1. The SMILES string of the molecule is C=Cn1c(C#CC(=O)c2cccs2)ccc1-c1ccccc1. The Morgan fingerprint density at radius 2 is 1.91 bits per heavy atom. The molecule has 3 aromatic rings. The maximum absolute atomic E-state index is 12.0. The van der Waals surface area contributed by atoms with Crippen molar-refractivity contribution in [2.75, 3.05) is 0 Å². The van der Waals surface area contributed by atoms with E-state index in [1.54, 1.807) is 12.3 Å². The van der Waals surface area contributed by atoms with Crippen LogP contribution in [0, 0.1) is 11.8 Å². The third-order valence-electron chi connectivity index (χ3n) is 3.22. The number of aromatic nitrogens is 1. The number of carbonyl (C=O) groups is 1. The largest absolute Gasteiger partial charge is 0.310 e. The van der Waals surface area contributed by atoms with Crippen LogP contribution in [0.3, 0.4) is 0 Å². The van der Waals surface area contributed by atoms with Crippen molar-refractivity contribution in [1.82, 2.24) is 4.57 Å². The highest BCUT2D eigenvalue weighted by Crippen LogP contribution is 2.22. The van der Waals surface area contributed by atoms with Gasteiger partial charge in [-0.15, -0.1) is 11.3 Å². The molecule has 0 fully saturated rings. The van der Waals surface area contributed by atoms with E-state index in [2.05, 4.69) is 18.4 Å². The van der Waals surface area contributed by atoms with E-state index in [9.17, 15) is 4.79 Å². The summed E-state index contributed by atoms with van der Waals surface area (Å²) >= 11 is 1.40. The molecule has 0 aliphatic carbocycles. The number of hydrogen-bond donors (Lipinski definition) is 0. The predicted molar refractivity (Wildman–Crippen MR) is 91.8 cm³/mol. The van der Waals surface area contributed by atoms with Gasteiger partial charge < -0.3 is 4.57 Å². The summed E-state index contributed by atoms with van der Waals surface area (Å²) in [6.07, 6.45) is 1.71. The zero-order valence-electron chi connectivity index (χ0n) is 11.8. The molecule has 0 aliphatic heterocycles. The normalized spacial score (nSPS) is 9.82. The Balaban J connectivity index is 1.95. The lowest BCUT2D eigenvalue weighted by molar-refractivity contribution is 0.106. The van der Waals surface area contributed by atoms with Crippen molar-refractivity contribution in [2.24, 2.45) is 0 Å². The molecule has 2 heterocycles. The minimum atomic E-state index is -0.159. The number of Topliss-reactive ketones (excluding diaryl/α,β-unsaturated/α-hetero) is 1. The van der Waals surface area contributed by atoms with Crippen LogP contribution in [0.5, 0.6) is 0 Å². The quantitative estimate of drug-likeness (QED) is 0.514. The molecular formula is C19H13NOS. The third kappa shape index (κ3) is 2.78. The number of thiophene rings is 1. The van der Waals surface area contributed by atoms with Crippen LogP contribution in [0.15, 0.2) is 66.6 Å². The lowest BCUT2D eigenvalue weighted by atomic mass is 10.1. The molecule has 0 radical (unpaired) electrons. The van der Waals surface area contributed by atoms with Gasteiger partial charge >= 0.3 is 0 Å². The van der Waals surface area contributed by atoms with Crippen LogP contribution < -0.4 is 0 Å². The van der Waals surface area contributed by atoms with Crippen molar-refractivity contribution in [3.05, 3.63) is 77.1 Å². The Labute approximate surface area is 133 Å². The number of hydrogen-bond acceptors (Lipinski definition) is 2. The van der Waals surface area contributed by atoms with Crippen molar-refractivity contribution in [3.8, 4) is 23.1 Å². The molecule has 0 bridgehead atoms. The smallest absolute Gasteiger partial charge is 0.246 e. The maximum atomic E-state index is 12.0. The second-order valence-electron chi connectivity index (χ2n) is 4.58. The molecule has 0 atom stereocenters. The van der Waals surface area contributed by atoms with Crippen LogP contribution in [0.4, 0.5) is 0 Å². The molecule has 0 aliphatic rings. The lowest BCUT2D eigenvalue weighted by Crippen LogP contribution is -1.94. The molecule has 3 rings (SSSR count). The first-order valence-corrected chi connectivity index (χ1v) is 7.66. The Hall–Kier alpha value is -2.83. The first kappa shape index (κ1) is 14.1. The summed E-state index contributed by atoms with van der Waals surface area (Å²) in [7, 11) is 0. The highest BCUT2D eigenvalue weighted by Gasteiger charge is 2.07. The lowest BCUT2D eigenvalue weighted by Gasteiger charge is -2.05. The van der Waals surface area contributed by atoms with E-state index in [-0.39, 0.29) is 5.78 Å². The summed E-state index contributed by atoms with van der Waals surface area (Å²) in [5, 5.41) is 1.87. The van der Waals surface area contributed by atoms with Gasteiger partial charge in [-0.05, 0) is 41.0 Å². The molecule has 1 aromatic carbocycles. The van der Waals surface area contributed by atoms with Gasteiger partial charge in [0.2, 0.25) is 5.78 Å². The summed E-state index contributed by atoms with van der Waals surface area (Å²) in [5.74, 6) is 5.48. The van der Waals surface area contributed by atoms with Gasteiger partial charge in [0.25, 0.3) is 0 Å². The van der Waals surface area contributed by atoms with E-state index in [0.717, 1.165) is 17.0 Å². The van der Waals surface area contributed by atoms with Crippen LogP contribution in [-0.2, 0) is 0 Å². The Bertz CT molecular complexity index is 861. The summed E-state index contributed by atoms with van der Waals surface area (Å²) < 4.78 is 1.89. The average molecular weight is 303 g/mol. The molecule has 0 saturated heterocycles. The first-order chi connectivity index (χ1) is 10.8. The highest BCUT2D eigenvalue weighted by molar-refractivity contribution is 7.12.